The Kier molecular flexibility index (Phi) is 4.35. The minimum Gasteiger partial charge on any atom is -0.389 e. The van der Waals surface area contributed by atoms with E-state index in [0.29, 0.717) is 12.0 Å². The number of hydrogen-bond acceptors (Lipinski definition) is 1. The quantitative estimate of drug-likeness (QED) is 0.819. The van der Waals surface area contributed by atoms with Crippen LogP contribution in [0.25, 0.3) is 0 Å². The van der Waals surface area contributed by atoms with Gasteiger partial charge >= 0.3 is 0 Å². The van der Waals surface area contributed by atoms with E-state index < -0.39 is 0 Å². The zero-order valence-corrected chi connectivity index (χ0v) is 11.2. The second-order valence-electron chi connectivity index (χ2n) is 4.55. The number of hydrogen-bond donors (Lipinski definition) is 1. The molecule has 0 aromatic heterocycles. The highest BCUT2D eigenvalue weighted by molar-refractivity contribution is 9.10. The predicted octanol–water partition coefficient (Wildman–Crippen LogP) is 3.99. The van der Waals surface area contributed by atoms with E-state index in [-0.39, 0.29) is 11.9 Å². The fourth-order valence-corrected chi connectivity index (χ4v) is 2.53. The van der Waals surface area contributed by atoms with Gasteiger partial charge in [-0.2, -0.15) is 0 Å². The van der Waals surface area contributed by atoms with Crippen molar-refractivity contribution in [1.29, 1.82) is 0 Å². The molecule has 1 N–H and O–H groups in total. The van der Waals surface area contributed by atoms with Crippen LogP contribution >= 0.6 is 15.9 Å². The summed E-state index contributed by atoms with van der Waals surface area (Å²) < 4.78 is 14.4. The van der Waals surface area contributed by atoms with Crippen molar-refractivity contribution in [3.8, 4) is 0 Å². The molecule has 0 heterocycles. The number of aliphatic hydroxyl groups is 1. The average Bonchev–Trinajstić information content (AvgIpc) is 2.47. The monoisotopic (exact) mass is 298 g/mol. The molecule has 1 aromatic carbocycles. The van der Waals surface area contributed by atoms with Gasteiger partial charge in [-0.3, -0.25) is 0 Å². The van der Waals surface area contributed by atoms with Crippen LogP contribution in [0.3, 0.4) is 0 Å². The van der Waals surface area contributed by atoms with Crippen LogP contribution in [0, 0.1) is 5.82 Å². The Bertz CT molecular complexity index is 428. The van der Waals surface area contributed by atoms with E-state index in [1.807, 2.05) is 12.1 Å². The van der Waals surface area contributed by atoms with Crippen molar-refractivity contribution >= 4 is 15.9 Å². The molecular formula is C14H16BrFO. The van der Waals surface area contributed by atoms with Crippen LogP contribution in [0.15, 0.2) is 34.3 Å². The molecule has 1 aromatic rings. The molecular weight excluding hydrogens is 283 g/mol. The molecule has 0 radical (unpaired) electrons. The molecule has 0 saturated heterocycles. The average molecular weight is 299 g/mol. The normalized spacial score (nSPS) is 20.9. The Labute approximate surface area is 109 Å². The van der Waals surface area contributed by atoms with Crippen molar-refractivity contribution < 1.29 is 9.50 Å². The number of aliphatic hydroxyl groups excluding tert-OH is 1. The fourth-order valence-electron chi connectivity index (χ4n) is 2.20. The van der Waals surface area contributed by atoms with Gasteiger partial charge in [-0.25, -0.2) is 4.39 Å². The lowest BCUT2D eigenvalue weighted by molar-refractivity contribution is 0.211. The predicted molar refractivity (Wildman–Crippen MR) is 70.4 cm³/mol. The Morgan fingerprint density at radius 1 is 1.35 bits per heavy atom. The molecule has 1 aliphatic rings. The molecule has 0 fully saturated rings. The van der Waals surface area contributed by atoms with E-state index in [0.717, 1.165) is 35.7 Å². The van der Waals surface area contributed by atoms with Crippen molar-refractivity contribution in [2.75, 3.05) is 0 Å². The lowest BCUT2D eigenvalue weighted by Crippen LogP contribution is -2.01. The Morgan fingerprint density at radius 2 is 2.18 bits per heavy atom. The summed E-state index contributed by atoms with van der Waals surface area (Å²) in [5.41, 5.74) is 1.85. The van der Waals surface area contributed by atoms with Crippen LogP contribution in [-0.2, 0) is 6.42 Å². The number of halogens is 2. The minimum atomic E-state index is -0.356. The largest absolute Gasteiger partial charge is 0.389 e. The molecule has 17 heavy (non-hydrogen) atoms. The third kappa shape index (κ3) is 3.65. The van der Waals surface area contributed by atoms with E-state index in [9.17, 15) is 9.50 Å². The zero-order valence-electron chi connectivity index (χ0n) is 9.63. The highest BCUT2D eigenvalue weighted by Gasteiger charge is 2.11. The van der Waals surface area contributed by atoms with Crippen LogP contribution in [0.2, 0.25) is 0 Å². The molecule has 1 nitrogen and oxygen atoms in total. The molecule has 2 rings (SSSR count). The fraction of sp³-hybridized carbons (Fsp3) is 0.429. The third-order valence-corrected chi connectivity index (χ3v) is 3.60. The Hall–Kier alpha value is -0.670. The van der Waals surface area contributed by atoms with Gasteiger partial charge in [-0.1, -0.05) is 40.1 Å². The first-order chi connectivity index (χ1) is 8.15. The maximum atomic E-state index is 13.7. The van der Waals surface area contributed by atoms with Crippen molar-refractivity contribution in [2.45, 2.75) is 38.2 Å². The number of allylic oxidation sites excluding steroid dienone is 1. The Balaban J connectivity index is 2.14. The second kappa shape index (κ2) is 5.78. The first-order valence-electron chi connectivity index (χ1n) is 5.97. The molecule has 0 amide bonds. The SMILES string of the molecule is OC1C=C(Cc2ccc(Br)cc2F)CCCC1. The topological polar surface area (TPSA) is 20.2 Å². The summed E-state index contributed by atoms with van der Waals surface area (Å²) >= 11 is 3.25. The molecule has 0 spiro atoms. The molecule has 1 aliphatic carbocycles. The van der Waals surface area contributed by atoms with Gasteiger partial charge in [0.2, 0.25) is 0 Å². The second-order valence-corrected chi connectivity index (χ2v) is 5.47. The van der Waals surface area contributed by atoms with Crippen LogP contribution in [0.1, 0.15) is 31.2 Å². The maximum Gasteiger partial charge on any atom is 0.127 e. The zero-order chi connectivity index (χ0) is 12.3. The molecule has 0 saturated carbocycles. The standard InChI is InChI=1S/C14H16BrFO/c15-12-6-5-11(14(16)9-12)7-10-3-1-2-4-13(17)8-10/h5-6,8-9,13,17H,1-4,7H2. The summed E-state index contributed by atoms with van der Waals surface area (Å²) in [4.78, 5) is 0. The van der Waals surface area contributed by atoms with Crippen LogP contribution in [-0.4, -0.2) is 11.2 Å². The smallest absolute Gasteiger partial charge is 0.127 e. The third-order valence-electron chi connectivity index (χ3n) is 3.11. The first kappa shape index (κ1) is 12.8. The summed E-state index contributed by atoms with van der Waals surface area (Å²) in [6.07, 6.45) is 6.07. The van der Waals surface area contributed by atoms with Crippen molar-refractivity contribution in [2.24, 2.45) is 0 Å². The van der Waals surface area contributed by atoms with E-state index in [1.54, 1.807) is 6.07 Å². The van der Waals surface area contributed by atoms with Gasteiger partial charge in [-0.15, -0.1) is 0 Å². The lowest BCUT2D eigenvalue weighted by atomic mass is 10.0. The van der Waals surface area contributed by atoms with Gasteiger partial charge in [0.05, 0.1) is 6.10 Å². The summed E-state index contributed by atoms with van der Waals surface area (Å²) in [5.74, 6) is -0.181. The molecule has 3 heteroatoms. The molecule has 0 aliphatic heterocycles. The summed E-state index contributed by atoms with van der Waals surface area (Å²) in [6, 6.07) is 5.15. The maximum absolute atomic E-state index is 13.7. The van der Waals surface area contributed by atoms with Gasteiger partial charge in [0.25, 0.3) is 0 Å². The van der Waals surface area contributed by atoms with Crippen molar-refractivity contribution in [1.82, 2.24) is 0 Å². The van der Waals surface area contributed by atoms with Gasteiger partial charge in [-0.05, 0) is 43.4 Å². The van der Waals surface area contributed by atoms with Crippen molar-refractivity contribution in [3.05, 3.63) is 45.7 Å². The molecule has 92 valence electrons. The lowest BCUT2D eigenvalue weighted by Gasteiger charge is -2.08. The van der Waals surface area contributed by atoms with Gasteiger partial charge in [0.1, 0.15) is 5.82 Å². The van der Waals surface area contributed by atoms with Gasteiger partial charge in [0, 0.05) is 4.47 Å². The van der Waals surface area contributed by atoms with E-state index in [4.69, 9.17) is 0 Å². The van der Waals surface area contributed by atoms with Crippen LogP contribution in [0.5, 0.6) is 0 Å². The van der Waals surface area contributed by atoms with E-state index in [1.165, 1.54) is 6.07 Å². The Morgan fingerprint density at radius 3 is 2.94 bits per heavy atom. The molecule has 0 bridgehead atoms. The summed E-state index contributed by atoms with van der Waals surface area (Å²) in [5, 5.41) is 9.67. The molecule has 1 atom stereocenters. The summed E-state index contributed by atoms with van der Waals surface area (Å²) in [7, 11) is 0. The summed E-state index contributed by atoms with van der Waals surface area (Å²) in [6.45, 7) is 0. The van der Waals surface area contributed by atoms with Crippen LogP contribution < -0.4 is 0 Å². The highest BCUT2D eigenvalue weighted by atomic mass is 79.9. The van der Waals surface area contributed by atoms with Crippen LogP contribution in [0.4, 0.5) is 4.39 Å². The highest BCUT2D eigenvalue weighted by Crippen LogP contribution is 2.23. The number of rotatable bonds is 2. The number of benzene rings is 1. The van der Waals surface area contributed by atoms with Gasteiger partial charge < -0.3 is 5.11 Å². The first-order valence-corrected chi connectivity index (χ1v) is 6.76. The van der Waals surface area contributed by atoms with Gasteiger partial charge in [0.15, 0.2) is 0 Å². The molecule has 1 unspecified atom stereocenters. The van der Waals surface area contributed by atoms with E-state index in [2.05, 4.69) is 15.9 Å². The minimum absolute atomic E-state index is 0.181. The van der Waals surface area contributed by atoms with Crippen molar-refractivity contribution in [3.63, 3.8) is 0 Å². The van der Waals surface area contributed by atoms with E-state index >= 15 is 0 Å².